The molecule has 0 unspecified atom stereocenters. The van der Waals surface area contributed by atoms with E-state index in [9.17, 15) is 0 Å². The third-order valence-corrected chi connectivity index (χ3v) is 23.5. The van der Waals surface area contributed by atoms with Crippen LogP contribution in [0.25, 0.3) is 138 Å². The van der Waals surface area contributed by atoms with Gasteiger partial charge in [0.2, 0.25) is 0 Å². The summed E-state index contributed by atoms with van der Waals surface area (Å²) < 4.78 is 20.4. The van der Waals surface area contributed by atoms with Gasteiger partial charge in [-0.05, 0) is 235 Å². The summed E-state index contributed by atoms with van der Waals surface area (Å²) in [5.74, 6) is 3.93. The SMILES string of the molecule is C=c1cc2c(c3cc4ccccc4cc13)=Nc1ccc(N(CC)CC)cc1O2.CCN(CC)c1ccc2nc3c4cc5ccccc5cc4c(=NCCCC(C)(C)CCCC(C)C)cc-3oc2c1.CCN(CC)c1ccc2nc3c4cc5ccccc5cc4c(=NCCCI)cc-3oc2c1.Nc1cccc2cc3ccccc3cc12. The van der Waals surface area contributed by atoms with Crippen molar-refractivity contribution in [2.45, 2.75) is 108 Å². The number of ether oxygens (including phenoxy) is 1. The molecule has 582 valence electrons. The van der Waals surface area contributed by atoms with E-state index in [2.05, 4.69) is 325 Å². The molecular weight excluding hydrogens is 1530 g/mol. The first-order valence-electron chi connectivity index (χ1n) is 41.3. The van der Waals surface area contributed by atoms with Gasteiger partial charge in [0, 0.05) is 142 Å². The molecule has 13 aromatic carbocycles. The lowest BCUT2D eigenvalue weighted by atomic mass is 9.82. The Morgan fingerprint density at radius 2 is 0.843 bits per heavy atom. The van der Waals surface area contributed by atoms with Crippen LogP contribution in [0.15, 0.2) is 260 Å². The predicted molar refractivity (Wildman–Crippen MR) is 498 cm³/mol. The Hall–Kier alpha value is -11.4. The van der Waals surface area contributed by atoms with Crippen LogP contribution in [0.4, 0.5) is 28.4 Å². The van der Waals surface area contributed by atoms with E-state index < -0.39 is 0 Å². The van der Waals surface area contributed by atoms with Crippen molar-refractivity contribution >= 4 is 166 Å². The monoisotopic (exact) mass is 1630 g/mol. The summed E-state index contributed by atoms with van der Waals surface area (Å²) in [7, 11) is 0. The Morgan fingerprint density at radius 1 is 0.426 bits per heavy atom. The van der Waals surface area contributed by atoms with Crippen molar-refractivity contribution in [3.05, 3.63) is 258 Å². The fourth-order valence-corrected chi connectivity index (χ4v) is 16.6. The van der Waals surface area contributed by atoms with Crippen LogP contribution in [0.3, 0.4) is 0 Å². The van der Waals surface area contributed by atoms with Gasteiger partial charge in [0.1, 0.15) is 33.5 Å². The number of fused-ring (bicyclic) bond motifs is 17. The lowest BCUT2D eigenvalue weighted by molar-refractivity contribution is 0.283. The van der Waals surface area contributed by atoms with Gasteiger partial charge in [-0.1, -0.05) is 179 Å². The molecule has 0 aromatic heterocycles. The topological polar surface area (TPSA) is 134 Å². The van der Waals surface area contributed by atoms with E-state index in [1.165, 1.54) is 74.2 Å². The molecule has 13 heteroatoms. The standard InChI is InChI=1S/C36H45N3O.C27H26IN3O.C25H22N2O.C14H11N/c1-7-39(8-2)28-16-17-31-33(23-28)40-34-24-32(37-20-12-19-36(5,6)18-11-13-25(3)4)29-21-26-14-9-10-15-27(26)22-30(29)35(34)38-31;1-3-31(4-2)20-10-11-23-25(16-20)32-26-17-24(29-13-7-12-28)21-14-18-8-5-6-9-19(18)15-22(21)27(26)30-23;1-4-27(5-2)19-10-11-22-23(15-19)28-24-12-16(3)20-13-17-8-6-7-9-18(17)14-21(20)25(24)26-22;15-14-7-3-6-12-8-10-4-1-2-5-11(10)9-13(12)14/h9-10,14-17,21-25H,7-8,11-13,18-20H2,1-6H3;5-6,8-11,14-17H,3-4,7,12-13H2,1-2H3;6-15H,3-5H2,1-2H3;1-9H,15H2. The molecule has 13 aromatic rings. The Labute approximate surface area is 688 Å². The first-order valence-corrected chi connectivity index (χ1v) is 42.8. The number of nitrogen functional groups attached to an aromatic ring is 1. The molecule has 0 bridgehead atoms. The highest BCUT2D eigenvalue weighted by Gasteiger charge is 2.23. The Balaban J connectivity index is 0.000000126. The molecule has 12 nitrogen and oxygen atoms in total. The molecule has 115 heavy (non-hydrogen) atoms. The summed E-state index contributed by atoms with van der Waals surface area (Å²) in [6, 6.07) is 82.6. The highest BCUT2D eigenvalue weighted by molar-refractivity contribution is 14.1. The van der Waals surface area contributed by atoms with E-state index in [4.69, 9.17) is 44.3 Å². The van der Waals surface area contributed by atoms with Crippen LogP contribution >= 0.6 is 22.6 Å². The van der Waals surface area contributed by atoms with Crippen molar-refractivity contribution in [2.75, 3.05) is 77.2 Å². The van der Waals surface area contributed by atoms with E-state index in [1.54, 1.807) is 0 Å². The molecule has 0 fully saturated rings. The summed E-state index contributed by atoms with van der Waals surface area (Å²) in [4.78, 5) is 32.2. The molecule has 0 radical (unpaired) electrons. The van der Waals surface area contributed by atoms with Crippen LogP contribution in [0.2, 0.25) is 0 Å². The van der Waals surface area contributed by atoms with Crippen LogP contribution in [0.1, 0.15) is 108 Å². The molecule has 18 rings (SSSR count). The van der Waals surface area contributed by atoms with Crippen molar-refractivity contribution in [3.63, 3.8) is 0 Å². The van der Waals surface area contributed by atoms with Crippen molar-refractivity contribution < 1.29 is 13.6 Å². The summed E-state index contributed by atoms with van der Waals surface area (Å²) in [5.41, 5.74) is 16.6. The van der Waals surface area contributed by atoms with Gasteiger partial charge >= 0.3 is 0 Å². The molecule has 0 saturated heterocycles. The first kappa shape index (κ1) is 78.8. The van der Waals surface area contributed by atoms with Gasteiger partial charge < -0.3 is 34.0 Å². The number of halogens is 1. The second-order valence-electron chi connectivity index (χ2n) is 31.3. The molecule has 2 aliphatic carbocycles. The molecular formula is C102H104IN9O3. The normalized spacial score (nSPS) is 12.3. The average Bonchev–Trinajstić information content (AvgIpc) is 0.755. The van der Waals surface area contributed by atoms with Gasteiger partial charge in [-0.15, -0.1) is 0 Å². The van der Waals surface area contributed by atoms with Gasteiger partial charge in [-0.25, -0.2) is 15.0 Å². The quantitative estimate of drug-likeness (QED) is 0.0198. The average molecular weight is 1630 g/mol. The van der Waals surface area contributed by atoms with Gasteiger partial charge in [-0.3, -0.25) is 9.98 Å². The summed E-state index contributed by atoms with van der Waals surface area (Å²) >= 11 is 2.41. The van der Waals surface area contributed by atoms with Crippen LogP contribution < -0.4 is 46.5 Å². The lowest BCUT2D eigenvalue weighted by Crippen LogP contribution is -2.22. The van der Waals surface area contributed by atoms with Crippen molar-refractivity contribution in [3.8, 4) is 34.4 Å². The smallest absolute Gasteiger partial charge is 0.155 e. The number of nitrogens with two attached hydrogens (primary N) is 1. The third kappa shape index (κ3) is 17.2. The fraction of sp³-hybridized carbons (Fsp3) is 0.265. The van der Waals surface area contributed by atoms with E-state index >= 15 is 0 Å². The van der Waals surface area contributed by atoms with Crippen LogP contribution in [0.5, 0.6) is 11.5 Å². The Bertz CT molecular complexity index is 6630. The zero-order valence-electron chi connectivity index (χ0n) is 68.2. The Kier molecular flexibility index (Phi) is 24.1. The highest BCUT2D eigenvalue weighted by Crippen LogP contribution is 2.41. The van der Waals surface area contributed by atoms with E-state index in [0.717, 1.165) is 220 Å². The molecule has 0 saturated carbocycles. The minimum Gasteiger partial charge on any atom is -0.453 e. The van der Waals surface area contributed by atoms with Gasteiger partial charge in [-0.2, -0.15) is 0 Å². The molecule has 0 atom stereocenters. The van der Waals surface area contributed by atoms with Crippen LogP contribution in [-0.2, 0) is 0 Å². The predicted octanol–water partition coefficient (Wildman–Crippen LogP) is 25.3. The maximum absolute atomic E-state index is 6.56. The van der Waals surface area contributed by atoms with E-state index in [-0.39, 0.29) is 0 Å². The summed E-state index contributed by atoms with van der Waals surface area (Å²) in [6.07, 6.45) is 7.24. The zero-order chi connectivity index (χ0) is 79.9. The molecule has 0 spiro atoms. The molecule has 3 aliphatic heterocycles. The summed E-state index contributed by atoms with van der Waals surface area (Å²) in [6.45, 7) is 34.1. The number of nitrogens with zero attached hydrogens (tertiary/aromatic N) is 8. The third-order valence-electron chi connectivity index (χ3n) is 22.7. The molecule has 3 heterocycles. The highest BCUT2D eigenvalue weighted by atomic mass is 127. The minimum absolute atomic E-state index is 0.354. The van der Waals surface area contributed by atoms with Gasteiger partial charge in [0.15, 0.2) is 34.2 Å². The van der Waals surface area contributed by atoms with E-state index in [1.807, 2.05) is 24.3 Å². The first-order chi connectivity index (χ1) is 56.0. The maximum atomic E-state index is 6.56. The second-order valence-corrected chi connectivity index (χ2v) is 32.4. The number of hydrogen-bond acceptors (Lipinski definition) is 12. The maximum Gasteiger partial charge on any atom is 0.155 e. The van der Waals surface area contributed by atoms with Crippen molar-refractivity contribution in [1.82, 2.24) is 9.97 Å². The molecule has 0 amide bonds. The summed E-state index contributed by atoms with van der Waals surface area (Å²) in [5, 5.41) is 22.6. The number of benzene rings is 15. The van der Waals surface area contributed by atoms with Crippen molar-refractivity contribution in [2.24, 2.45) is 26.3 Å². The van der Waals surface area contributed by atoms with Crippen molar-refractivity contribution in [1.29, 1.82) is 0 Å². The number of alkyl halides is 1. The largest absolute Gasteiger partial charge is 0.453 e. The zero-order valence-corrected chi connectivity index (χ0v) is 70.3. The number of aromatic nitrogens is 2. The second kappa shape index (κ2) is 35.1. The lowest BCUT2D eigenvalue weighted by Gasteiger charge is -2.24. The van der Waals surface area contributed by atoms with Gasteiger partial charge in [0.25, 0.3) is 0 Å². The van der Waals surface area contributed by atoms with E-state index in [0.29, 0.717) is 5.41 Å². The van der Waals surface area contributed by atoms with Crippen LogP contribution in [-0.4, -0.2) is 66.8 Å². The number of anilines is 4. The molecule has 2 N–H and O–H groups in total. The molecule has 5 aliphatic rings. The number of hydrogen-bond donors (Lipinski definition) is 1. The minimum atomic E-state index is 0.354. The van der Waals surface area contributed by atoms with Gasteiger partial charge in [0.05, 0.1) is 10.7 Å². The number of rotatable bonds is 20. The Morgan fingerprint density at radius 3 is 1.32 bits per heavy atom. The fourth-order valence-electron chi connectivity index (χ4n) is 16.3. The van der Waals surface area contributed by atoms with Crippen LogP contribution in [0, 0.1) is 11.3 Å².